The summed E-state index contributed by atoms with van der Waals surface area (Å²) in [4.78, 5) is 12.0. The van der Waals surface area contributed by atoms with Gasteiger partial charge in [-0.2, -0.15) is 0 Å². The molecule has 22 heavy (non-hydrogen) atoms. The number of hydrogen-bond acceptors (Lipinski definition) is 3. The minimum atomic E-state index is 0. The number of morpholine rings is 1. The molecular formula is C15H21Cl3N2O2. The number of amides is 1. The molecular weight excluding hydrogens is 347 g/mol. The first-order chi connectivity index (χ1) is 10.0. The largest absolute Gasteiger partial charge is 0.378 e. The van der Waals surface area contributed by atoms with Gasteiger partial charge in [-0.1, -0.05) is 29.3 Å². The topological polar surface area (TPSA) is 50.4 Å². The van der Waals surface area contributed by atoms with Crippen molar-refractivity contribution in [3.05, 3.63) is 33.8 Å². The Morgan fingerprint density at radius 2 is 2.27 bits per heavy atom. The fraction of sp³-hybridized carbons (Fsp3) is 0.533. The van der Waals surface area contributed by atoms with Crippen molar-refractivity contribution in [3.63, 3.8) is 0 Å². The van der Waals surface area contributed by atoms with Crippen molar-refractivity contribution < 1.29 is 9.53 Å². The summed E-state index contributed by atoms with van der Waals surface area (Å²) in [6.07, 6.45) is 1.11. The third-order valence-electron chi connectivity index (χ3n) is 3.38. The minimum absolute atomic E-state index is 0. The van der Waals surface area contributed by atoms with Gasteiger partial charge in [0.2, 0.25) is 5.91 Å². The number of rotatable bonds is 5. The van der Waals surface area contributed by atoms with E-state index >= 15 is 0 Å². The Bertz CT molecular complexity index is 494. The monoisotopic (exact) mass is 366 g/mol. The number of nitrogens with one attached hydrogen (secondary N) is 2. The van der Waals surface area contributed by atoms with E-state index in [0.717, 1.165) is 12.1 Å². The van der Waals surface area contributed by atoms with Gasteiger partial charge in [-0.05, 0) is 31.0 Å². The van der Waals surface area contributed by atoms with E-state index in [-0.39, 0.29) is 30.4 Å². The molecule has 7 heteroatoms. The van der Waals surface area contributed by atoms with Gasteiger partial charge in [-0.15, -0.1) is 12.4 Å². The van der Waals surface area contributed by atoms with Crippen molar-refractivity contribution >= 4 is 41.5 Å². The molecule has 2 N–H and O–H groups in total. The fourth-order valence-electron chi connectivity index (χ4n) is 2.38. The standard InChI is InChI=1S/C15H20Cl2N2O2.ClH/c1-10(6-11-2-3-12(16)7-14(11)17)19-15(20)8-13-9-21-5-4-18-13;/h2-3,7,10,13,18H,4-6,8-9H2,1H3,(H,19,20);1H. The van der Waals surface area contributed by atoms with E-state index in [9.17, 15) is 4.79 Å². The summed E-state index contributed by atoms with van der Waals surface area (Å²) in [6, 6.07) is 5.53. The second kappa shape index (κ2) is 9.58. The van der Waals surface area contributed by atoms with E-state index in [1.54, 1.807) is 12.1 Å². The zero-order chi connectivity index (χ0) is 15.2. The molecule has 1 aromatic rings. The van der Waals surface area contributed by atoms with E-state index in [1.165, 1.54) is 0 Å². The maximum absolute atomic E-state index is 12.0. The molecule has 2 unspecified atom stereocenters. The number of carbonyl (C=O) groups is 1. The molecule has 2 atom stereocenters. The van der Waals surface area contributed by atoms with Crippen molar-refractivity contribution in [2.75, 3.05) is 19.8 Å². The number of carbonyl (C=O) groups excluding carboxylic acids is 1. The van der Waals surface area contributed by atoms with Crippen molar-refractivity contribution in [2.24, 2.45) is 0 Å². The van der Waals surface area contributed by atoms with Crippen LogP contribution in [0.15, 0.2) is 18.2 Å². The van der Waals surface area contributed by atoms with Crippen LogP contribution < -0.4 is 10.6 Å². The van der Waals surface area contributed by atoms with Crippen LogP contribution in [0.4, 0.5) is 0 Å². The van der Waals surface area contributed by atoms with E-state index in [1.807, 2.05) is 13.0 Å². The van der Waals surface area contributed by atoms with Gasteiger partial charge in [0.05, 0.1) is 13.2 Å². The highest BCUT2D eigenvalue weighted by molar-refractivity contribution is 6.35. The quantitative estimate of drug-likeness (QED) is 0.841. The third-order valence-corrected chi connectivity index (χ3v) is 3.97. The van der Waals surface area contributed by atoms with Crippen molar-refractivity contribution in [1.82, 2.24) is 10.6 Å². The Kier molecular flexibility index (Phi) is 8.50. The maximum Gasteiger partial charge on any atom is 0.221 e. The molecule has 1 aliphatic heterocycles. The summed E-state index contributed by atoms with van der Waals surface area (Å²) in [5.74, 6) is 0.0237. The highest BCUT2D eigenvalue weighted by atomic mass is 35.5. The molecule has 1 aromatic carbocycles. The molecule has 0 saturated carbocycles. The molecule has 0 spiro atoms. The van der Waals surface area contributed by atoms with E-state index in [4.69, 9.17) is 27.9 Å². The lowest BCUT2D eigenvalue weighted by Gasteiger charge is -2.24. The molecule has 1 heterocycles. The molecule has 2 rings (SSSR count). The van der Waals surface area contributed by atoms with Crippen LogP contribution in [0.2, 0.25) is 10.0 Å². The highest BCUT2D eigenvalue weighted by Gasteiger charge is 2.18. The molecule has 0 aliphatic carbocycles. The average molecular weight is 368 g/mol. The van der Waals surface area contributed by atoms with Gasteiger partial charge in [0.1, 0.15) is 0 Å². The van der Waals surface area contributed by atoms with Crippen molar-refractivity contribution in [1.29, 1.82) is 0 Å². The zero-order valence-corrected chi connectivity index (χ0v) is 14.7. The second-order valence-electron chi connectivity index (χ2n) is 5.34. The number of ether oxygens (including phenoxy) is 1. The Morgan fingerprint density at radius 1 is 1.50 bits per heavy atom. The molecule has 1 aliphatic rings. The summed E-state index contributed by atoms with van der Waals surface area (Å²) in [5, 5.41) is 7.50. The number of hydrogen-bond donors (Lipinski definition) is 2. The van der Waals surface area contributed by atoms with Gasteiger partial charge >= 0.3 is 0 Å². The van der Waals surface area contributed by atoms with Gasteiger partial charge in [0, 0.05) is 35.1 Å². The van der Waals surface area contributed by atoms with Gasteiger partial charge in [-0.25, -0.2) is 0 Å². The zero-order valence-electron chi connectivity index (χ0n) is 12.4. The molecule has 0 bridgehead atoms. The molecule has 0 aromatic heterocycles. The molecule has 1 fully saturated rings. The second-order valence-corrected chi connectivity index (χ2v) is 6.18. The molecule has 124 valence electrons. The highest BCUT2D eigenvalue weighted by Crippen LogP contribution is 2.22. The average Bonchev–Trinajstić information content (AvgIpc) is 2.43. The van der Waals surface area contributed by atoms with Crippen LogP contribution in [0.3, 0.4) is 0 Å². The van der Waals surface area contributed by atoms with Crippen LogP contribution in [0, 0.1) is 0 Å². The van der Waals surface area contributed by atoms with Gasteiger partial charge < -0.3 is 15.4 Å². The summed E-state index contributed by atoms with van der Waals surface area (Å²) >= 11 is 12.0. The van der Waals surface area contributed by atoms with Gasteiger partial charge in [0.15, 0.2) is 0 Å². The van der Waals surface area contributed by atoms with Gasteiger partial charge in [-0.3, -0.25) is 4.79 Å². The van der Waals surface area contributed by atoms with Crippen molar-refractivity contribution in [3.8, 4) is 0 Å². The third kappa shape index (κ3) is 6.31. The summed E-state index contributed by atoms with van der Waals surface area (Å²) in [5.41, 5.74) is 0.980. The molecule has 1 amide bonds. The van der Waals surface area contributed by atoms with E-state index in [2.05, 4.69) is 10.6 Å². The van der Waals surface area contributed by atoms with Crippen LogP contribution in [-0.4, -0.2) is 37.7 Å². The van der Waals surface area contributed by atoms with Crippen LogP contribution in [0.5, 0.6) is 0 Å². The first-order valence-corrected chi connectivity index (χ1v) is 7.84. The normalized spacial score (nSPS) is 19.1. The Balaban J connectivity index is 0.00000242. The molecule has 1 saturated heterocycles. The van der Waals surface area contributed by atoms with Crippen LogP contribution >= 0.6 is 35.6 Å². The number of benzene rings is 1. The Morgan fingerprint density at radius 3 is 2.91 bits per heavy atom. The first-order valence-electron chi connectivity index (χ1n) is 7.09. The first kappa shape index (κ1) is 19.5. The molecule has 4 nitrogen and oxygen atoms in total. The predicted molar refractivity (Wildman–Crippen MR) is 92.2 cm³/mol. The maximum atomic E-state index is 12.0. The Labute approximate surface area is 147 Å². The lowest BCUT2D eigenvalue weighted by Crippen LogP contribution is -2.45. The fourth-order valence-corrected chi connectivity index (χ4v) is 2.86. The summed E-state index contributed by atoms with van der Waals surface area (Å²) < 4.78 is 5.34. The van der Waals surface area contributed by atoms with Crippen LogP contribution in [-0.2, 0) is 16.0 Å². The SMILES string of the molecule is CC(Cc1ccc(Cl)cc1Cl)NC(=O)CC1COCCN1.Cl. The summed E-state index contributed by atoms with van der Waals surface area (Å²) in [6.45, 7) is 4.07. The predicted octanol–water partition coefficient (Wildman–Crippen LogP) is 2.84. The van der Waals surface area contributed by atoms with E-state index in [0.29, 0.717) is 36.1 Å². The van der Waals surface area contributed by atoms with Crippen LogP contribution in [0.1, 0.15) is 18.9 Å². The van der Waals surface area contributed by atoms with E-state index < -0.39 is 0 Å². The minimum Gasteiger partial charge on any atom is -0.378 e. The molecule has 0 radical (unpaired) electrons. The van der Waals surface area contributed by atoms with Gasteiger partial charge in [0.25, 0.3) is 0 Å². The van der Waals surface area contributed by atoms with Crippen LogP contribution in [0.25, 0.3) is 0 Å². The number of halogens is 3. The van der Waals surface area contributed by atoms with Crippen molar-refractivity contribution in [2.45, 2.75) is 31.8 Å². The lowest BCUT2D eigenvalue weighted by atomic mass is 10.1. The summed E-state index contributed by atoms with van der Waals surface area (Å²) in [7, 11) is 0. The smallest absolute Gasteiger partial charge is 0.221 e. The lowest BCUT2D eigenvalue weighted by molar-refractivity contribution is -0.122. The Hall–Kier alpha value is -0.520.